The molecule has 0 atom stereocenters. The molecule has 0 amide bonds. The first-order valence-electron chi connectivity index (χ1n) is 10.2. The van der Waals surface area contributed by atoms with Gasteiger partial charge in [-0.25, -0.2) is 0 Å². The number of hydrogen-bond acceptors (Lipinski definition) is 7. The van der Waals surface area contributed by atoms with E-state index in [1.54, 1.807) is 0 Å². The van der Waals surface area contributed by atoms with Crippen molar-refractivity contribution >= 4 is 44.6 Å². The lowest BCUT2D eigenvalue weighted by Gasteiger charge is -2.14. The molecule has 0 saturated heterocycles. The highest BCUT2D eigenvalue weighted by molar-refractivity contribution is 9.10. The lowest BCUT2D eigenvalue weighted by Crippen LogP contribution is -2.06. The SMILES string of the molecule is CCc1nc2cc(C)c(Sc3nnc(-c4ccc(C)c(Br)c4)o3)cc2c(OC(C)=O)c1C. The summed E-state index contributed by atoms with van der Waals surface area (Å²) in [6.45, 7) is 9.41. The molecule has 4 rings (SSSR count). The van der Waals surface area contributed by atoms with Gasteiger partial charge in [0.2, 0.25) is 5.89 Å². The van der Waals surface area contributed by atoms with E-state index in [2.05, 4.69) is 26.1 Å². The second kappa shape index (κ2) is 9.03. The van der Waals surface area contributed by atoms with Gasteiger partial charge in [-0.3, -0.25) is 9.78 Å². The summed E-state index contributed by atoms with van der Waals surface area (Å²) in [5, 5.41) is 9.62. The zero-order chi connectivity index (χ0) is 23.0. The summed E-state index contributed by atoms with van der Waals surface area (Å²) in [6.07, 6.45) is 0.755. The highest BCUT2D eigenvalue weighted by atomic mass is 79.9. The Morgan fingerprint density at radius 2 is 1.91 bits per heavy atom. The Balaban J connectivity index is 1.73. The van der Waals surface area contributed by atoms with E-state index in [9.17, 15) is 4.79 Å². The summed E-state index contributed by atoms with van der Waals surface area (Å²) >= 11 is 4.91. The molecular weight excluding hydrogens is 490 g/mol. The molecule has 2 heterocycles. The fourth-order valence-electron chi connectivity index (χ4n) is 3.43. The Bertz CT molecular complexity index is 1350. The summed E-state index contributed by atoms with van der Waals surface area (Å²) in [4.78, 5) is 17.4. The zero-order valence-corrected chi connectivity index (χ0v) is 20.8. The number of rotatable bonds is 5. The van der Waals surface area contributed by atoms with Crippen molar-refractivity contribution in [2.75, 3.05) is 0 Å². The smallest absolute Gasteiger partial charge is 0.308 e. The van der Waals surface area contributed by atoms with Crippen molar-refractivity contribution in [3.05, 3.63) is 57.2 Å². The number of aromatic nitrogens is 3. The summed E-state index contributed by atoms with van der Waals surface area (Å²) in [5.41, 5.74) is 5.59. The fourth-order valence-corrected chi connectivity index (χ4v) is 4.59. The van der Waals surface area contributed by atoms with Crippen molar-refractivity contribution in [3.8, 4) is 17.2 Å². The Morgan fingerprint density at radius 3 is 2.59 bits per heavy atom. The van der Waals surface area contributed by atoms with E-state index in [0.717, 1.165) is 54.6 Å². The van der Waals surface area contributed by atoms with Gasteiger partial charge >= 0.3 is 5.97 Å². The van der Waals surface area contributed by atoms with Crippen molar-refractivity contribution in [1.82, 2.24) is 15.2 Å². The van der Waals surface area contributed by atoms with E-state index < -0.39 is 0 Å². The number of aryl methyl sites for hydroxylation is 3. The average Bonchev–Trinajstić information content (AvgIpc) is 3.21. The minimum atomic E-state index is -0.358. The van der Waals surface area contributed by atoms with E-state index in [1.165, 1.54) is 18.7 Å². The number of carbonyl (C=O) groups excluding carboxylic acids is 1. The zero-order valence-electron chi connectivity index (χ0n) is 18.4. The molecule has 2 aromatic carbocycles. The molecule has 32 heavy (non-hydrogen) atoms. The molecule has 0 spiro atoms. The molecule has 0 bridgehead atoms. The third-order valence-electron chi connectivity index (χ3n) is 5.17. The predicted molar refractivity (Wildman–Crippen MR) is 128 cm³/mol. The largest absolute Gasteiger partial charge is 0.426 e. The summed E-state index contributed by atoms with van der Waals surface area (Å²) in [7, 11) is 0. The number of halogens is 1. The monoisotopic (exact) mass is 511 g/mol. The van der Waals surface area contributed by atoms with Crippen LogP contribution in [0.1, 0.15) is 36.2 Å². The van der Waals surface area contributed by atoms with E-state index in [0.29, 0.717) is 16.9 Å². The van der Waals surface area contributed by atoms with E-state index in [4.69, 9.17) is 14.1 Å². The van der Waals surface area contributed by atoms with Crippen LogP contribution in [0.4, 0.5) is 0 Å². The van der Waals surface area contributed by atoms with Gasteiger partial charge in [0.1, 0.15) is 5.75 Å². The van der Waals surface area contributed by atoms with Crippen LogP contribution in [0, 0.1) is 20.8 Å². The van der Waals surface area contributed by atoms with Crippen molar-refractivity contribution in [2.45, 2.75) is 51.2 Å². The number of pyridine rings is 1. The first-order valence-corrected chi connectivity index (χ1v) is 11.8. The van der Waals surface area contributed by atoms with Crippen LogP contribution in [0.3, 0.4) is 0 Å². The topological polar surface area (TPSA) is 78.1 Å². The van der Waals surface area contributed by atoms with Gasteiger partial charge in [0, 0.05) is 38.5 Å². The lowest BCUT2D eigenvalue weighted by atomic mass is 10.1. The Hall–Kier alpha value is -2.71. The van der Waals surface area contributed by atoms with Crippen LogP contribution in [-0.2, 0) is 11.2 Å². The molecule has 0 aliphatic rings. The van der Waals surface area contributed by atoms with Gasteiger partial charge in [-0.05, 0) is 74.3 Å². The number of nitrogens with zero attached hydrogens (tertiary/aromatic N) is 3. The van der Waals surface area contributed by atoms with Crippen LogP contribution in [0.25, 0.3) is 22.4 Å². The Labute approximate surface area is 198 Å². The average molecular weight is 512 g/mol. The molecule has 164 valence electrons. The number of ether oxygens (including phenoxy) is 1. The molecule has 0 radical (unpaired) electrons. The molecule has 0 fully saturated rings. The molecule has 4 aromatic rings. The number of fused-ring (bicyclic) bond motifs is 1. The molecular formula is C24H22BrN3O3S. The number of benzene rings is 2. The van der Waals surface area contributed by atoms with Gasteiger partial charge in [-0.15, -0.1) is 10.2 Å². The summed E-state index contributed by atoms with van der Waals surface area (Å²) in [6, 6.07) is 9.88. The van der Waals surface area contributed by atoms with Crippen LogP contribution in [-0.4, -0.2) is 21.2 Å². The standard InChI is InChI=1S/C24H22BrN3O3S/c1-6-19-14(4)22(30-15(5)29)17-11-21(13(3)9-20(17)26-19)32-24-28-27-23(31-24)16-8-7-12(2)18(25)10-16/h7-11H,6H2,1-5H3. The van der Waals surface area contributed by atoms with Crippen molar-refractivity contribution in [1.29, 1.82) is 0 Å². The van der Waals surface area contributed by atoms with Crippen molar-refractivity contribution < 1.29 is 13.9 Å². The van der Waals surface area contributed by atoms with Crippen molar-refractivity contribution in [2.24, 2.45) is 0 Å². The number of carbonyl (C=O) groups is 1. The van der Waals surface area contributed by atoms with Crippen molar-refractivity contribution in [3.63, 3.8) is 0 Å². The first kappa shape index (κ1) is 22.5. The van der Waals surface area contributed by atoms with Gasteiger partial charge in [0.05, 0.1) is 5.52 Å². The first-order chi connectivity index (χ1) is 15.3. The number of esters is 1. The highest BCUT2D eigenvalue weighted by Crippen LogP contribution is 2.38. The molecule has 2 aromatic heterocycles. The molecule has 0 saturated carbocycles. The summed E-state index contributed by atoms with van der Waals surface area (Å²) < 4.78 is 12.5. The quantitative estimate of drug-likeness (QED) is 0.279. The fraction of sp³-hybridized carbons (Fsp3) is 0.250. The minimum absolute atomic E-state index is 0.358. The van der Waals surface area contributed by atoms with Crippen LogP contribution in [0.15, 0.2) is 49.3 Å². The maximum Gasteiger partial charge on any atom is 0.308 e. The molecule has 0 unspecified atom stereocenters. The van der Waals surface area contributed by atoms with Crippen LogP contribution < -0.4 is 4.74 Å². The second-order valence-corrected chi connectivity index (χ2v) is 9.38. The van der Waals surface area contributed by atoms with Crippen LogP contribution >= 0.6 is 27.7 Å². The van der Waals surface area contributed by atoms with E-state index in [-0.39, 0.29) is 5.97 Å². The molecule has 6 nitrogen and oxygen atoms in total. The van der Waals surface area contributed by atoms with Gasteiger partial charge < -0.3 is 9.15 Å². The Morgan fingerprint density at radius 1 is 1.12 bits per heavy atom. The lowest BCUT2D eigenvalue weighted by molar-refractivity contribution is -0.131. The van der Waals surface area contributed by atoms with E-state index in [1.807, 2.05) is 58.0 Å². The minimum Gasteiger partial charge on any atom is -0.426 e. The molecule has 0 N–H and O–H groups in total. The third kappa shape index (κ3) is 4.42. The third-order valence-corrected chi connectivity index (χ3v) is 7.02. The highest BCUT2D eigenvalue weighted by Gasteiger charge is 2.18. The maximum atomic E-state index is 11.7. The van der Waals surface area contributed by atoms with E-state index >= 15 is 0 Å². The maximum absolute atomic E-state index is 11.7. The summed E-state index contributed by atoms with van der Waals surface area (Å²) in [5.74, 6) is 0.650. The van der Waals surface area contributed by atoms with Gasteiger partial charge in [-0.2, -0.15) is 0 Å². The molecule has 8 heteroatoms. The normalized spacial score (nSPS) is 11.2. The van der Waals surface area contributed by atoms with Crippen LogP contribution in [0.5, 0.6) is 5.75 Å². The molecule has 0 aliphatic heterocycles. The van der Waals surface area contributed by atoms with Crippen LogP contribution in [0.2, 0.25) is 0 Å². The van der Waals surface area contributed by atoms with Gasteiger partial charge in [0.15, 0.2) is 0 Å². The predicted octanol–water partition coefficient (Wildman–Crippen LogP) is 6.61. The molecule has 0 aliphatic carbocycles. The van der Waals surface area contributed by atoms with Gasteiger partial charge in [0.25, 0.3) is 5.22 Å². The second-order valence-electron chi connectivity index (χ2n) is 7.53. The number of hydrogen-bond donors (Lipinski definition) is 0. The Kier molecular flexibility index (Phi) is 6.35. The van der Waals surface area contributed by atoms with Gasteiger partial charge in [-0.1, -0.05) is 28.9 Å².